The quantitative estimate of drug-likeness (QED) is 0.900. The van der Waals surface area contributed by atoms with Crippen LogP contribution in [0.2, 0.25) is 0 Å². The third-order valence-electron chi connectivity index (χ3n) is 3.21. The van der Waals surface area contributed by atoms with E-state index in [1.54, 1.807) is 32.4 Å². The highest BCUT2D eigenvalue weighted by molar-refractivity contribution is 5.79. The van der Waals surface area contributed by atoms with E-state index in [1.807, 2.05) is 0 Å². The molecule has 0 saturated carbocycles. The predicted octanol–water partition coefficient (Wildman–Crippen LogP) is 1.98. The van der Waals surface area contributed by atoms with Crippen LogP contribution in [0.1, 0.15) is 11.1 Å². The lowest BCUT2D eigenvalue weighted by Gasteiger charge is -2.22. The molecule has 1 aromatic rings. The molecule has 2 rings (SSSR count). The van der Waals surface area contributed by atoms with E-state index in [2.05, 4.69) is 0 Å². The first-order valence-corrected chi connectivity index (χ1v) is 5.85. The topological polar surface area (TPSA) is 65.0 Å². The maximum atomic E-state index is 11.1. The molecule has 0 fully saturated rings. The molecule has 0 aromatic heterocycles. The third kappa shape index (κ3) is 2.23. The van der Waals surface area contributed by atoms with Crippen LogP contribution in [-0.2, 0) is 11.2 Å². The number of methoxy groups -OCH3 is 3. The number of hydrogen-bond donors (Lipinski definition) is 1. The van der Waals surface area contributed by atoms with Crippen molar-refractivity contribution in [2.24, 2.45) is 5.92 Å². The van der Waals surface area contributed by atoms with Gasteiger partial charge >= 0.3 is 5.97 Å². The first-order chi connectivity index (χ1) is 9.12. The Morgan fingerprint density at radius 1 is 1.21 bits per heavy atom. The van der Waals surface area contributed by atoms with E-state index in [1.165, 1.54) is 7.11 Å². The van der Waals surface area contributed by atoms with Gasteiger partial charge in [0.1, 0.15) is 0 Å². The molecule has 19 heavy (non-hydrogen) atoms. The molecule has 1 unspecified atom stereocenters. The maximum Gasteiger partial charge on any atom is 0.310 e. The molecule has 1 aliphatic rings. The van der Waals surface area contributed by atoms with Crippen molar-refractivity contribution in [1.82, 2.24) is 0 Å². The average Bonchev–Trinajstić information content (AvgIpc) is 2.43. The predicted molar refractivity (Wildman–Crippen MR) is 70.0 cm³/mol. The van der Waals surface area contributed by atoms with Crippen LogP contribution in [0.5, 0.6) is 17.2 Å². The van der Waals surface area contributed by atoms with Crippen LogP contribution in [0, 0.1) is 5.92 Å². The SMILES string of the molecule is COc1cc2c(c(OC)c1OC)C=CC(C(=O)O)C2. The average molecular weight is 264 g/mol. The number of hydrogen-bond acceptors (Lipinski definition) is 4. The lowest BCUT2D eigenvalue weighted by atomic mass is 9.88. The maximum absolute atomic E-state index is 11.1. The third-order valence-corrected chi connectivity index (χ3v) is 3.21. The molecule has 0 saturated heterocycles. The fraction of sp³-hybridized carbons (Fsp3) is 0.357. The summed E-state index contributed by atoms with van der Waals surface area (Å²) < 4.78 is 15.9. The number of carboxylic acids is 1. The van der Waals surface area contributed by atoms with Crippen molar-refractivity contribution in [1.29, 1.82) is 0 Å². The summed E-state index contributed by atoms with van der Waals surface area (Å²) in [4.78, 5) is 11.1. The molecule has 0 aliphatic heterocycles. The molecule has 1 aromatic carbocycles. The van der Waals surface area contributed by atoms with Crippen molar-refractivity contribution in [3.05, 3.63) is 23.3 Å². The Labute approximate surface area is 111 Å². The molecule has 0 spiro atoms. The van der Waals surface area contributed by atoms with Crippen molar-refractivity contribution in [2.45, 2.75) is 6.42 Å². The Morgan fingerprint density at radius 3 is 2.42 bits per heavy atom. The van der Waals surface area contributed by atoms with Crippen LogP contribution in [0.4, 0.5) is 0 Å². The molecule has 0 bridgehead atoms. The molecule has 1 atom stereocenters. The molecule has 5 heteroatoms. The highest BCUT2D eigenvalue weighted by atomic mass is 16.5. The van der Waals surface area contributed by atoms with Gasteiger partial charge in [0.25, 0.3) is 0 Å². The standard InChI is InChI=1S/C14H16O5/c1-17-11-7-9-6-8(14(15)16)4-5-10(9)12(18-2)13(11)19-3/h4-5,7-8H,6H2,1-3H3,(H,15,16). The summed E-state index contributed by atoms with van der Waals surface area (Å²) in [6.07, 6.45) is 3.84. The van der Waals surface area contributed by atoms with Crippen LogP contribution in [0.25, 0.3) is 6.08 Å². The van der Waals surface area contributed by atoms with Gasteiger partial charge in [0.15, 0.2) is 11.5 Å². The monoisotopic (exact) mass is 264 g/mol. The molecule has 5 nitrogen and oxygen atoms in total. The van der Waals surface area contributed by atoms with Gasteiger partial charge in [0.2, 0.25) is 5.75 Å². The van der Waals surface area contributed by atoms with E-state index >= 15 is 0 Å². The van der Waals surface area contributed by atoms with E-state index in [0.29, 0.717) is 23.7 Å². The van der Waals surface area contributed by atoms with Crippen LogP contribution < -0.4 is 14.2 Å². The fourth-order valence-corrected chi connectivity index (χ4v) is 2.27. The zero-order valence-electron chi connectivity index (χ0n) is 11.1. The second-order valence-corrected chi connectivity index (χ2v) is 4.23. The highest BCUT2D eigenvalue weighted by Crippen LogP contribution is 2.44. The second-order valence-electron chi connectivity index (χ2n) is 4.23. The van der Waals surface area contributed by atoms with Gasteiger partial charge in [0.05, 0.1) is 27.2 Å². The van der Waals surface area contributed by atoms with Crippen LogP contribution in [-0.4, -0.2) is 32.4 Å². The van der Waals surface area contributed by atoms with Gasteiger partial charge in [0, 0.05) is 5.56 Å². The normalized spacial score (nSPS) is 16.7. The van der Waals surface area contributed by atoms with Crippen molar-refractivity contribution < 1.29 is 24.1 Å². The van der Waals surface area contributed by atoms with Crippen molar-refractivity contribution >= 4 is 12.0 Å². The van der Waals surface area contributed by atoms with Gasteiger partial charge in [-0.15, -0.1) is 0 Å². The summed E-state index contributed by atoms with van der Waals surface area (Å²) in [7, 11) is 4.63. The Bertz CT molecular complexity index is 533. The smallest absolute Gasteiger partial charge is 0.310 e. The van der Waals surface area contributed by atoms with Crippen LogP contribution in [0.15, 0.2) is 12.1 Å². The summed E-state index contributed by atoms with van der Waals surface area (Å²) >= 11 is 0. The summed E-state index contributed by atoms with van der Waals surface area (Å²) in [5, 5.41) is 9.08. The molecule has 102 valence electrons. The van der Waals surface area contributed by atoms with Gasteiger partial charge in [-0.2, -0.15) is 0 Å². The Hall–Kier alpha value is -2.17. The number of carbonyl (C=O) groups is 1. The highest BCUT2D eigenvalue weighted by Gasteiger charge is 2.26. The molecule has 0 amide bonds. The summed E-state index contributed by atoms with van der Waals surface area (Å²) in [6.45, 7) is 0. The minimum atomic E-state index is -0.837. The summed E-state index contributed by atoms with van der Waals surface area (Å²) in [5.74, 6) is 0.266. The van der Waals surface area contributed by atoms with E-state index < -0.39 is 11.9 Å². The number of rotatable bonds is 4. The Balaban J connectivity index is 2.57. The molecule has 1 N–H and O–H groups in total. The second kappa shape index (κ2) is 5.22. The lowest BCUT2D eigenvalue weighted by molar-refractivity contribution is -0.140. The molecule has 1 aliphatic carbocycles. The lowest BCUT2D eigenvalue weighted by Crippen LogP contribution is -2.17. The minimum absolute atomic E-state index is 0.415. The Kier molecular flexibility index (Phi) is 3.64. The van der Waals surface area contributed by atoms with E-state index in [4.69, 9.17) is 19.3 Å². The van der Waals surface area contributed by atoms with Crippen molar-refractivity contribution in [3.63, 3.8) is 0 Å². The van der Waals surface area contributed by atoms with Crippen molar-refractivity contribution in [3.8, 4) is 17.2 Å². The Morgan fingerprint density at radius 2 is 1.89 bits per heavy atom. The molecule has 0 radical (unpaired) electrons. The zero-order chi connectivity index (χ0) is 14.0. The number of ether oxygens (including phenoxy) is 3. The molecular weight excluding hydrogens is 248 g/mol. The largest absolute Gasteiger partial charge is 0.493 e. The van der Waals surface area contributed by atoms with Crippen LogP contribution >= 0.6 is 0 Å². The first kappa shape index (κ1) is 13.3. The minimum Gasteiger partial charge on any atom is -0.493 e. The van der Waals surface area contributed by atoms with Gasteiger partial charge in [-0.05, 0) is 18.1 Å². The number of benzene rings is 1. The zero-order valence-corrected chi connectivity index (χ0v) is 11.1. The van der Waals surface area contributed by atoms with Crippen molar-refractivity contribution in [2.75, 3.05) is 21.3 Å². The molecular formula is C14H16O5. The van der Waals surface area contributed by atoms with Gasteiger partial charge in [-0.3, -0.25) is 4.79 Å². The van der Waals surface area contributed by atoms with E-state index in [0.717, 1.165) is 11.1 Å². The first-order valence-electron chi connectivity index (χ1n) is 5.85. The number of fused-ring (bicyclic) bond motifs is 1. The van der Waals surface area contributed by atoms with Gasteiger partial charge in [-0.25, -0.2) is 0 Å². The van der Waals surface area contributed by atoms with Crippen LogP contribution in [0.3, 0.4) is 0 Å². The summed E-state index contributed by atoms with van der Waals surface area (Å²) in [6, 6.07) is 1.80. The van der Waals surface area contributed by atoms with Gasteiger partial charge < -0.3 is 19.3 Å². The molecule has 0 heterocycles. The van der Waals surface area contributed by atoms with E-state index in [-0.39, 0.29) is 0 Å². The van der Waals surface area contributed by atoms with Gasteiger partial charge in [-0.1, -0.05) is 12.2 Å². The fourth-order valence-electron chi connectivity index (χ4n) is 2.27. The number of aliphatic carboxylic acids is 1. The van der Waals surface area contributed by atoms with E-state index in [9.17, 15) is 4.79 Å². The number of carboxylic acid groups (broad SMARTS) is 1. The summed E-state index contributed by atoms with van der Waals surface area (Å²) in [5.41, 5.74) is 1.72.